The molecule has 1 aliphatic heterocycles. The van der Waals surface area contributed by atoms with E-state index in [1.807, 2.05) is 4.90 Å². The second kappa shape index (κ2) is 6.39. The third-order valence-electron chi connectivity index (χ3n) is 3.89. The van der Waals surface area contributed by atoms with Gasteiger partial charge in [0.05, 0.1) is 10.0 Å². The second-order valence-electron chi connectivity index (χ2n) is 5.21. The first-order valence-corrected chi connectivity index (χ1v) is 8.56. The van der Waals surface area contributed by atoms with E-state index < -0.39 is 0 Å². The Hall–Kier alpha value is -1.03. The molecule has 0 N–H and O–H groups in total. The predicted molar refractivity (Wildman–Crippen MR) is 88.7 cm³/mol. The molecular formula is C16H15Cl2NOS. The normalized spacial score (nSPS) is 16.2. The smallest absolute Gasteiger partial charge is 0.253 e. The molecular weight excluding hydrogens is 325 g/mol. The molecule has 2 heterocycles. The van der Waals surface area contributed by atoms with Gasteiger partial charge in [-0.3, -0.25) is 4.79 Å². The summed E-state index contributed by atoms with van der Waals surface area (Å²) >= 11 is 13.7. The molecule has 0 radical (unpaired) electrons. The molecule has 3 rings (SSSR count). The molecule has 1 aromatic carbocycles. The van der Waals surface area contributed by atoms with E-state index in [9.17, 15) is 4.79 Å². The lowest BCUT2D eigenvalue weighted by Gasteiger charge is -2.31. The maximum absolute atomic E-state index is 12.5. The van der Waals surface area contributed by atoms with E-state index in [1.165, 1.54) is 4.88 Å². The number of halogens is 2. The molecule has 0 atom stereocenters. The van der Waals surface area contributed by atoms with Gasteiger partial charge in [0.15, 0.2) is 0 Å². The molecule has 1 aromatic heterocycles. The average Bonchev–Trinajstić information content (AvgIpc) is 3.04. The number of hydrogen-bond donors (Lipinski definition) is 0. The van der Waals surface area contributed by atoms with Crippen LogP contribution < -0.4 is 0 Å². The number of rotatable bonds is 2. The highest BCUT2D eigenvalue weighted by Crippen LogP contribution is 2.32. The first-order chi connectivity index (χ1) is 10.1. The number of thiophene rings is 1. The summed E-state index contributed by atoms with van der Waals surface area (Å²) in [6, 6.07) is 9.34. The number of likely N-dealkylation sites (tertiary alicyclic amines) is 1. The molecule has 5 heteroatoms. The van der Waals surface area contributed by atoms with Crippen molar-refractivity contribution < 1.29 is 4.79 Å². The first-order valence-electron chi connectivity index (χ1n) is 6.93. The van der Waals surface area contributed by atoms with E-state index in [4.69, 9.17) is 23.2 Å². The van der Waals surface area contributed by atoms with Crippen molar-refractivity contribution in [2.24, 2.45) is 0 Å². The summed E-state index contributed by atoms with van der Waals surface area (Å²) in [5, 5.41) is 3.02. The van der Waals surface area contributed by atoms with Crippen molar-refractivity contribution in [1.29, 1.82) is 0 Å². The van der Waals surface area contributed by atoms with Crippen molar-refractivity contribution >= 4 is 40.4 Å². The van der Waals surface area contributed by atoms with Gasteiger partial charge in [0.2, 0.25) is 0 Å². The highest BCUT2D eigenvalue weighted by atomic mass is 35.5. The van der Waals surface area contributed by atoms with Crippen molar-refractivity contribution in [3.05, 3.63) is 56.2 Å². The van der Waals surface area contributed by atoms with Gasteiger partial charge >= 0.3 is 0 Å². The van der Waals surface area contributed by atoms with E-state index in [1.54, 1.807) is 29.5 Å². The van der Waals surface area contributed by atoms with Gasteiger partial charge in [-0.1, -0.05) is 29.3 Å². The molecule has 2 nitrogen and oxygen atoms in total. The van der Waals surface area contributed by atoms with Crippen molar-refractivity contribution in [2.75, 3.05) is 13.1 Å². The molecule has 1 amide bonds. The third-order valence-corrected chi connectivity index (χ3v) is 5.67. The number of amides is 1. The highest BCUT2D eigenvalue weighted by Gasteiger charge is 2.25. The molecule has 0 saturated carbocycles. The monoisotopic (exact) mass is 339 g/mol. The second-order valence-corrected chi connectivity index (χ2v) is 7.00. The Balaban J connectivity index is 1.66. The lowest BCUT2D eigenvalue weighted by atomic mass is 9.95. The summed E-state index contributed by atoms with van der Waals surface area (Å²) in [5.41, 5.74) is 0.610. The fraction of sp³-hybridized carbons (Fsp3) is 0.312. The van der Waals surface area contributed by atoms with E-state index in [-0.39, 0.29) is 5.91 Å². The number of piperidine rings is 1. The van der Waals surface area contributed by atoms with Crippen LogP contribution in [0.4, 0.5) is 0 Å². The van der Waals surface area contributed by atoms with Crippen LogP contribution in [0.3, 0.4) is 0 Å². The Morgan fingerprint density at radius 3 is 2.52 bits per heavy atom. The van der Waals surface area contributed by atoms with Gasteiger partial charge < -0.3 is 4.90 Å². The molecule has 2 aromatic rings. The van der Waals surface area contributed by atoms with Gasteiger partial charge in [-0.15, -0.1) is 11.3 Å². The maximum Gasteiger partial charge on any atom is 0.253 e. The first kappa shape index (κ1) is 14.9. The van der Waals surface area contributed by atoms with Crippen LogP contribution in [0.1, 0.15) is 34.0 Å². The zero-order valence-corrected chi connectivity index (χ0v) is 13.7. The van der Waals surface area contributed by atoms with Crippen LogP contribution in [0, 0.1) is 0 Å². The number of hydrogen-bond acceptors (Lipinski definition) is 2. The third kappa shape index (κ3) is 3.25. The number of carbonyl (C=O) groups excluding carboxylic acids is 1. The van der Waals surface area contributed by atoms with Gasteiger partial charge in [-0.05, 0) is 48.4 Å². The molecule has 0 spiro atoms. The summed E-state index contributed by atoms with van der Waals surface area (Å²) < 4.78 is 0. The molecule has 1 aliphatic rings. The Bertz CT molecular complexity index is 634. The van der Waals surface area contributed by atoms with Crippen LogP contribution in [0.15, 0.2) is 35.7 Å². The topological polar surface area (TPSA) is 20.3 Å². The lowest BCUT2D eigenvalue weighted by molar-refractivity contribution is 0.0714. The molecule has 110 valence electrons. The number of nitrogens with zero attached hydrogens (tertiary/aromatic N) is 1. The minimum atomic E-state index is 0.0400. The minimum absolute atomic E-state index is 0.0400. The largest absolute Gasteiger partial charge is 0.339 e. The van der Waals surface area contributed by atoms with Crippen molar-refractivity contribution in [3.63, 3.8) is 0 Å². The maximum atomic E-state index is 12.5. The van der Waals surface area contributed by atoms with E-state index in [0.717, 1.165) is 25.9 Å². The zero-order valence-electron chi connectivity index (χ0n) is 11.4. The molecule has 0 aliphatic carbocycles. The van der Waals surface area contributed by atoms with Crippen LogP contribution in [0.5, 0.6) is 0 Å². The molecule has 21 heavy (non-hydrogen) atoms. The molecule has 1 fully saturated rings. The summed E-state index contributed by atoms with van der Waals surface area (Å²) in [5.74, 6) is 0.626. The van der Waals surface area contributed by atoms with Crippen LogP contribution in [-0.2, 0) is 0 Å². The van der Waals surface area contributed by atoms with Crippen LogP contribution in [0.2, 0.25) is 10.0 Å². The summed E-state index contributed by atoms with van der Waals surface area (Å²) in [4.78, 5) is 15.8. The standard InChI is InChI=1S/C16H15Cl2NOS/c17-13-4-3-12(10-14(13)18)16(20)19-7-5-11(6-8-19)15-2-1-9-21-15/h1-4,9-11H,5-8H2. The Kier molecular flexibility index (Phi) is 4.53. The fourth-order valence-electron chi connectivity index (χ4n) is 2.70. The average molecular weight is 340 g/mol. The SMILES string of the molecule is O=C(c1ccc(Cl)c(Cl)c1)N1CCC(c2cccs2)CC1. The summed E-state index contributed by atoms with van der Waals surface area (Å²) in [6.45, 7) is 1.59. The zero-order chi connectivity index (χ0) is 14.8. The van der Waals surface area contributed by atoms with Crippen molar-refractivity contribution in [1.82, 2.24) is 4.90 Å². The van der Waals surface area contributed by atoms with E-state index >= 15 is 0 Å². The van der Waals surface area contributed by atoms with Crippen LogP contribution in [-0.4, -0.2) is 23.9 Å². The number of carbonyl (C=O) groups is 1. The lowest BCUT2D eigenvalue weighted by Crippen LogP contribution is -2.37. The van der Waals surface area contributed by atoms with Crippen molar-refractivity contribution in [2.45, 2.75) is 18.8 Å². The van der Waals surface area contributed by atoms with Gasteiger partial charge in [-0.2, -0.15) is 0 Å². The quantitative estimate of drug-likeness (QED) is 0.747. The molecule has 0 unspecified atom stereocenters. The summed E-state index contributed by atoms with van der Waals surface area (Å²) in [6.07, 6.45) is 2.04. The Labute approximate surface area is 138 Å². The highest BCUT2D eigenvalue weighted by molar-refractivity contribution is 7.10. The molecule has 1 saturated heterocycles. The summed E-state index contributed by atoms with van der Waals surface area (Å²) in [7, 11) is 0. The van der Waals surface area contributed by atoms with Gasteiger partial charge in [0, 0.05) is 23.5 Å². The van der Waals surface area contributed by atoms with E-state index in [2.05, 4.69) is 17.5 Å². The number of benzene rings is 1. The van der Waals surface area contributed by atoms with Gasteiger partial charge in [-0.25, -0.2) is 0 Å². The molecule has 0 bridgehead atoms. The van der Waals surface area contributed by atoms with Crippen molar-refractivity contribution in [3.8, 4) is 0 Å². The van der Waals surface area contributed by atoms with Crippen LogP contribution in [0.25, 0.3) is 0 Å². The Morgan fingerprint density at radius 1 is 1.14 bits per heavy atom. The minimum Gasteiger partial charge on any atom is -0.339 e. The Morgan fingerprint density at radius 2 is 1.90 bits per heavy atom. The predicted octanol–water partition coefficient (Wildman–Crippen LogP) is 5.07. The van der Waals surface area contributed by atoms with Crippen LogP contribution >= 0.6 is 34.5 Å². The van der Waals surface area contributed by atoms with E-state index in [0.29, 0.717) is 21.5 Å². The van der Waals surface area contributed by atoms with Gasteiger partial charge in [0.25, 0.3) is 5.91 Å². The fourth-order valence-corrected chi connectivity index (χ4v) is 3.90. The van der Waals surface area contributed by atoms with Gasteiger partial charge in [0.1, 0.15) is 0 Å².